The van der Waals surface area contributed by atoms with Crippen molar-refractivity contribution in [3.8, 4) is 5.75 Å². The summed E-state index contributed by atoms with van der Waals surface area (Å²) in [7, 11) is 0. The molecule has 11 heteroatoms. The number of benzene rings is 2. The van der Waals surface area contributed by atoms with Gasteiger partial charge in [0.1, 0.15) is 22.9 Å². The first-order valence-corrected chi connectivity index (χ1v) is 17.0. The van der Waals surface area contributed by atoms with Crippen LogP contribution < -0.4 is 4.74 Å². The van der Waals surface area contributed by atoms with E-state index in [0.717, 1.165) is 67.1 Å². The van der Waals surface area contributed by atoms with E-state index in [2.05, 4.69) is 16.4 Å². The Hall–Kier alpha value is -2.43. The highest BCUT2D eigenvalue weighted by Crippen LogP contribution is 2.48. The fourth-order valence-corrected chi connectivity index (χ4v) is 8.61. The predicted molar refractivity (Wildman–Crippen MR) is 159 cm³/mol. The first-order chi connectivity index (χ1) is 22.1. The molecule has 0 atom stereocenters. The minimum atomic E-state index is -5.91. The normalized spacial score (nSPS) is 27.9. The Morgan fingerprint density at radius 2 is 1.06 bits per heavy atom. The number of alkyl halides is 7. The lowest BCUT2D eigenvalue weighted by molar-refractivity contribution is -0.432. The second-order valence-electron chi connectivity index (χ2n) is 13.9. The van der Waals surface area contributed by atoms with Crippen LogP contribution in [-0.4, -0.2) is 6.36 Å². The third-order valence-corrected chi connectivity index (χ3v) is 11.0. The summed E-state index contributed by atoms with van der Waals surface area (Å²) in [5.74, 6) is -1.28. The van der Waals surface area contributed by atoms with Crippen LogP contribution in [0.25, 0.3) is 0 Å². The van der Waals surface area contributed by atoms with Gasteiger partial charge in [-0.3, -0.25) is 0 Å². The van der Waals surface area contributed by atoms with Crippen molar-refractivity contribution in [3.63, 3.8) is 0 Å². The molecule has 0 saturated heterocycles. The van der Waals surface area contributed by atoms with Crippen LogP contribution in [-0.2, 0) is 17.0 Å². The molecule has 0 radical (unpaired) electrons. The van der Waals surface area contributed by atoms with Gasteiger partial charge < -0.3 is 4.74 Å². The maximum Gasteiger partial charge on any atom is 0.527 e. The SMILES string of the molecule is CCCC1CCC(C2CCC(C3CCC(c4ccc(C(F)(F)Oc5cc(F)c(C(F)(F)OC(F)(F)F)c(F)c5)cc4)CC3)CC2)CC1. The summed E-state index contributed by atoms with van der Waals surface area (Å²) in [6.07, 6.45) is 2.22. The van der Waals surface area contributed by atoms with E-state index in [9.17, 15) is 39.5 Å². The van der Waals surface area contributed by atoms with Crippen LogP contribution in [0, 0.1) is 41.2 Å². The summed E-state index contributed by atoms with van der Waals surface area (Å²) < 4.78 is 129. The van der Waals surface area contributed by atoms with E-state index in [1.54, 1.807) is 12.1 Å². The molecule has 47 heavy (non-hydrogen) atoms. The highest BCUT2D eigenvalue weighted by Gasteiger charge is 2.50. The highest BCUT2D eigenvalue weighted by molar-refractivity contribution is 5.34. The maximum atomic E-state index is 14.9. The molecule has 5 rings (SSSR count). The van der Waals surface area contributed by atoms with Crippen molar-refractivity contribution in [2.24, 2.45) is 29.6 Å². The van der Waals surface area contributed by atoms with E-state index in [1.807, 2.05) is 0 Å². The Labute approximate surface area is 270 Å². The maximum absolute atomic E-state index is 14.9. The topological polar surface area (TPSA) is 18.5 Å². The summed E-state index contributed by atoms with van der Waals surface area (Å²) in [6.45, 7) is 2.28. The number of hydrogen-bond donors (Lipinski definition) is 0. The minimum absolute atomic E-state index is 0.0438. The molecule has 3 aliphatic rings. The molecule has 0 unspecified atom stereocenters. The lowest BCUT2D eigenvalue weighted by atomic mass is 9.64. The molecule has 0 amide bonds. The summed E-state index contributed by atoms with van der Waals surface area (Å²) in [4.78, 5) is 0. The lowest BCUT2D eigenvalue weighted by Gasteiger charge is -2.41. The van der Waals surface area contributed by atoms with E-state index in [-0.39, 0.29) is 18.1 Å². The summed E-state index contributed by atoms with van der Waals surface area (Å²) >= 11 is 0. The Balaban J connectivity index is 1.11. The van der Waals surface area contributed by atoms with Gasteiger partial charge in [-0.25, -0.2) is 13.5 Å². The molecule has 3 aliphatic carbocycles. The molecule has 2 aromatic carbocycles. The van der Waals surface area contributed by atoms with Gasteiger partial charge in [-0.05, 0) is 117 Å². The summed E-state index contributed by atoms with van der Waals surface area (Å²) in [5, 5.41) is 0. The molecule has 2 nitrogen and oxygen atoms in total. The Morgan fingerprint density at radius 1 is 0.617 bits per heavy atom. The zero-order chi connectivity index (χ0) is 34.0. The first kappa shape index (κ1) is 35.9. The van der Waals surface area contributed by atoms with Gasteiger partial charge >= 0.3 is 18.6 Å². The van der Waals surface area contributed by atoms with Crippen molar-refractivity contribution < 1.29 is 49.0 Å². The van der Waals surface area contributed by atoms with Gasteiger partial charge in [-0.1, -0.05) is 44.7 Å². The van der Waals surface area contributed by atoms with Gasteiger partial charge in [-0.2, -0.15) is 17.6 Å². The number of hydrogen-bond acceptors (Lipinski definition) is 2. The largest absolute Gasteiger partial charge is 0.527 e. The van der Waals surface area contributed by atoms with E-state index in [0.29, 0.717) is 5.92 Å². The lowest BCUT2D eigenvalue weighted by Crippen LogP contribution is -2.30. The standard InChI is InChI=1S/C36H43F9O2/c1-2-3-22-4-6-23(7-5-22)24-8-10-25(11-9-24)26-12-14-27(15-13-26)28-16-18-29(19-17-28)34(39,40)46-30-20-31(37)33(32(38)21-30)35(41,42)47-36(43,44)45/h16-27H,2-15H2,1H3. The molecule has 0 spiro atoms. The van der Waals surface area contributed by atoms with E-state index in [4.69, 9.17) is 0 Å². The molecule has 2 aromatic rings. The second kappa shape index (κ2) is 14.6. The molecule has 0 bridgehead atoms. The van der Waals surface area contributed by atoms with Crippen LogP contribution >= 0.6 is 0 Å². The van der Waals surface area contributed by atoms with Gasteiger partial charge in [0.15, 0.2) is 0 Å². The van der Waals surface area contributed by atoms with Crippen molar-refractivity contribution in [1.82, 2.24) is 0 Å². The molecule has 0 heterocycles. The second-order valence-corrected chi connectivity index (χ2v) is 13.9. The van der Waals surface area contributed by atoms with Crippen LogP contribution in [0.15, 0.2) is 36.4 Å². The zero-order valence-corrected chi connectivity index (χ0v) is 26.5. The molecule has 3 saturated carbocycles. The van der Waals surface area contributed by atoms with E-state index < -0.39 is 47.1 Å². The quantitative estimate of drug-likeness (QED) is 0.233. The Morgan fingerprint density at radius 3 is 1.51 bits per heavy atom. The monoisotopic (exact) mass is 678 g/mol. The fourth-order valence-electron chi connectivity index (χ4n) is 8.61. The van der Waals surface area contributed by atoms with Crippen molar-refractivity contribution in [1.29, 1.82) is 0 Å². The summed E-state index contributed by atoms with van der Waals surface area (Å²) in [5.41, 5.74) is -2.11. The molecule has 0 aliphatic heterocycles. The van der Waals surface area contributed by atoms with E-state index >= 15 is 0 Å². The van der Waals surface area contributed by atoms with Gasteiger partial charge in [-0.15, -0.1) is 13.2 Å². The van der Waals surface area contributed by atoms with Crippen molar-refractivity contribution in [2.45, 2.75) is 121 Å². The molecular weight excluding hydrogens is 635 g/mol. The van der Waals surface area contributed by atoms with Crippen molar-refractivity contribution >= 4 is 0 Å². The third-order valence-electron chi connectivity index (χ3n) is 11.0. The molecule has 262 valence electrons. The summed E-state index contributed by atoms with van der Waals surface area (Å²) in [6, 6.07) is 5.33. The molecular formula is C36H43F9O2. The zero-order valence-electron chi connectivity index (χ0n) is 26.5. The van der Waals surface area contributed by atoms with Crippen LogP contribution in [0.4, 0.5) is 39.5 Å². The fraction of sp³-hybridized carbons (Fsp3) is 0.667. The van der Waals surface area contributed by atoms with Crippen LogP contribution in [0.1, 0.15) is 119 Å². The van der Waals surface area contributed by atoms with Gasteiger partial charge in [0.25, 0.3) is 0 Å². The molecule has 0 N–H and O–H groups in total. The Kier molecular flexibility index (Phi) is 11.1. The van der Waals surface area contributed by atoms with E-state index in [1.165, 1.54) is 64.2 Å². The number of halogens is 9. The van der Waals surface area contributed by atoms with Gasteiger partial charge in [0, 0.05) is 12.1 Å². The van der Waals surface area contributed by atoms with Crippen molar-refractivity contribution in [2.75, 3.05) is 0 Å². The van der Waals surface area contributed by atoms with Crippen molar-refractivity contribution in [3.05, 3.63) is 64.7 Å². The van der Waals surface area contributed by atoms with Crippen LogP contribution in [0.2, 0.25) is 0 Å². The van der Waals surface area contributed by atoms with Gasteiger partial charge in [0.2, 0.25) is 0 Å². The number of ether oxygens (including phenoxy) is 2. The smallest absolute Gasteiger partial charge is 0.429 e. The van der Waals surface area contributed by atoms with Crippen LogP contribution in [0.5, 0.6) is 5.75 Å². The van der Waals surface area contributed by atoms with Gasteiger partial charge in [0.05, 0.1) is 5.56 Å². The first-order valence-electron chi connectivity index (χ1n) is 17.0. The predicted octanol–water partition coefficient (Wildman–Crippen LogP) is 12.4. The molecule has 0 aromatic heterocycles. The third kappa shape index (κ3) is 8.98. The Bertz CT molecular complexity index is 1280. The number of rotatable bonds is 10. The van der Waals surface area contributed by atoms with Crippen LogP contribution in [0.3, 0.4) is 0 Å². The molecule has 3 fully saturated rings. The minimum Gasteiger partial charge on any atom is -0.429 e. The average molecular weight is 679 g/mol. The highest BCUT2D eigenvalue weighted by atomic mass is 19.4. The average Bonchev–Trinajstić information content (AvgIpc) is 3.00.